The molecule has 0 aliphatic carbocycles. The molecular weight excluding hydrogens is 243 g/mol. The van der Waals surface area contributed by atoms with Crippen molar-refractivity contribution in [3.63, 3.8) is 0 Å². The Labute approximate surface area is 112 Å². The number of aryl methyl sites for hydroxylation is 2. The van der Waals surface area contributed by atoms with Crippen LogP contribution in [0.5, 0.6) is 0 Å². The molecule has 0 radical (unpaired) electrons. The van der Waals surface area contributed by atoms with Gasteiger partial charge in [0.1, 0.15) is 5.82 Å². The number of halogens is 1. The van der Waals surface area contributed by atoms with E-state index in [4.69, 9.17) is 0 Å². The van der Waals surface area contributed by atoms with Crippen LogP contribution >= 0.6 is 0 Å². The van der Waals surface area contributed by atoms with Gasteiger partial charge in [-0.25, -0.2) is 4.39 Å². The van der Waals surface area contributed by atoms with Gasteiger partial charge < -0.3 is 9.88 Å². The number of hydrogen-bond acceptors (Lipinski definition) is 1. The van der Waals surface area contributed by atoms with Gasteiger partial charge in [-0.3, -0.25) is 4.79 Å². The maximum absolute atomic E-state index is 12.7. The molecule has 1 aromatic heterocycles. The van der Waals surface area contributed by atoms with Crippen molar-refractivity contribution in [1.82, 2.24) is 9.88 Å². The van der Waals surface area contributed by atoms with Gasteiger partial charge in [-0.05, 0) is 35.7 Å². The van der Waals surface area contributed by atoms with Crippen LogP contribution in [-0.4, -0.2) is 10.5 Å². The van der Waals surface area contributed by atoms with Crippen LogP contribution in [-0.2, 0) is 24.8 Å². The van der Waals surface area contributed by atoms with Gasteiger partial charge >= 0.3 is 0 Å². The zero-order valence-electron chi connectivity index (χ0n) is 10.9. The Morgan fingerprint density at radius 1 is 1.21 bits per heavy atom. The highest BCUT2D eigenvalue weighted by atomic mass is 19.1. The topological polar surface area (TPSA) is 34.0 Å². The van der Waals surface area contributed by atoms with E-state index in [2.05, 4.69) is 5.32 Å². The number of amides is 1. The Hall–Kier alpha value is -2.10. The van der Waals surface area contributed by atoms with E-state index in [9.17, 15) is 9.18 Å². The summed E-state index contributed by atoms with van der Waals surface area (Å²) in [5.41, 5.74) is 2.05. The Kier molecular flexibility index (Phi) is 4.34. The van der Waals surface area contributed by atoms with Crippen LogP contribution in [0, 0.1) is 5.82 Å². The Bertz CT molecular complexity index is 546. The standard InChI is InChI=1S/C15H17FN2O/c1-18-9-8-13(11-18)10-17-15(19)7-4-12-2-5-14(16)6-3-12/h2-3,5-6,8-9,11H,4,7,10H2,1H3,(H,17,19). The second-order valence-electron chi connectivity index (χ2n) is 4.59. The molecule has 0 saturated heterocycles. The third kappa shape index (κ3) is 4.25. The van der Waals surface area contributed by atoms with Gasteiger partial charge in [0, 0.05) is 32.4 Å². The van der Waals surface area contributed by atoms with Crippen LogP contribution in [0.25, 0.3) is 0 Å². The average molecular weight is 260 g/mol. The molecule has 1 heterocycles. The molecule has 0 saturated carbocycles. The minimum atomic E-state index is -0.253. The summed E-state index contributed by atoms with van der Waals surface area (Å²) in [6.45, 7) is 0.545. The van der Waals surface area contributed by atoms with Crippen molar-refractivity contribution in [2.24, 2.45) is 7.05 Å². The molecule has 4 heteroatoms. The summed E-state index contributed by atoms with van der Waals surface area (Å²) in [6.07, 6.45) is 4.96. The molecule has 0 aliphatic rings. The van der Waals surface area contributed by atoms with Crippen LogP contribution in [0.15, 0.2) is 42.7 Å². The number of nitrogens with zero attached hydrogens (tertiary/aromatic N) is 1. The molecule has 2 rings (SSSR count). The summed E-state index contributed by atoms with van der Waals surface area (Å²) in [7, 11) is 1.94. The summed E-state index contributed by atoms with van der Waals surface area (Å²) in [5, 5.41) is 2.87. The fourth-order valence-corrected chi connectivity index (χ4v) is 1.86. The SMILES string of the molecule is Cn1ccc(CNC(=O)CCc2ccc(F)cc2)c1. The van der Waals surface area contributed by atoms with Gasteiger partial charge in [0.25, 0.3) is 0 Å². The quantitative estimate of drug-likeness (QED) is 0.880. The molecule has 19 heavy (non-hydrogen) atoms. The van der Waals surface area contributed by atoms with Crippen molar-refractivity contribution in [3.8, 4) is 0 Å². The number of rotatable bonds is 5. The van der Waals surface area contributed by atoms with Crippen molar-refractivity contribution in [3.05, 3.63) is 59.7 Å². The lowest BCUT2D eigenvalue weighted by Crippen LogP contribution is -2.22. The van der Waals surface area contributed by atoms with Crippen LogP contribution in [0.3, 0.4) is 0 Å². The first-order valence-corrected chi connectivity index (χ1v) is 6.25. The normalized spacial score (nSPS) is 10.4. The average Bonchev–Trinajstić information content (AvgIpc) is 2.81. The maximum atomic E-state index is 12.7. The molecule has 0 spiro atoms. The van der Waals surface area contributed by atoms with Crippen LogP contribution in [0.1, 0.15) is 17.5 Å². The van der Waals surface area contributed by atoms with Crippen LogP contribution in [0.4, 0.5) is 4.39 Å². The van der Waals surface area contributed by atoms with Crippen molar-refractivity contribution in [2.75, 3.05) is 0 Å². The number of carbonyl (C=O) groups excluding carboxylic acids is 1. The number of carbonyl (C=O) groups is 1. The zero-order valence-corrected chi connectivity index (χ0v) is 10.9. The number of nitrogens with one attached hydrogen (secondary N) is 1. The minimum absolute atomic E-state index is 0.00757. The van der Waals surface area contributed by atoms with Gasteiger partial charge in [0.15, 0.2) is 0 Å². The molecule has 0 aliphatic heterocycles. The molecule has 1 aromatic carbocycles. The van der Waals surface area contributed by atoms with E-state index in [0.29, 0.717) is 19.4 Å². The van der Waals surface area contributed by atoms with E-state index >= 15 is 0 Å². The van der Waals surface area contributed by atoms with Crippen molar-refractivity contribution >= 4 is 5.91 Å². The summed E-state index contributed by atoms with van der Waals surface area (Å²) < 4.78 is 14.7. The lowest BCUT2D eigenvalue weighted by molar-refractivity contribution is -0.121. The third-order valence-electron chi connectivity index (χ3n) is 2.94. The predicted octanol–water partition coefficient (Wildman–Crippen LogP) is 2.41. The highest BCUT2D eigenvalue weighted by Gasteiger charge is 2.03. The fourth-order valence-electron chi connectivity index (χ4n) is 1.86. The zero-order chi connectivity index (χ0) is 13.7. The second kappa shape index (κ2) is 6.18. The van der Waals surface area contributed by atoms with Crippen molar-refractivity contribution < 1.29 is 9.18 Å². The summed E-state index contributed by atoms with van der Waals surface area (Å²) in [5.74, 6) is -0.245. The van der Waals surface area contributed by atoms with E-state index in [1.807, 2.05) is 30.1 Å². The highest BCUT2D eigenvalue weighted by molar-refractivity contribution is 5.76. The predicted molar refractivity (Wildman–Crippen MR) is 72.0 cm³/mol. The summed E-state index contributed by atoms with van der Waals surface area (Å²) in [6, 6.07) is 8.22. The van der Waals surface area contributed by atoms with Crippen LogP contribution < -0.4 is 5.32 Å². The van der Waals surface area contributed by atoms with Crippen molar-refractivity contribution in [2.45, 2.75) is 19.4 Å². The molecular formula is C15H17FN2O. The lowest BCUT2D eigenvalue weighted by atomic mass is 10.1. The van der Waals surface area contributed by atoms with E-state index < -0.39 is 0 Å². The number of benzene rings is 1. The largest absolute Gasteiger partial charge is 0.357 e. The van der Waals surface area contributed by atoms with Gasteiger partial charge in [0.05, 0.1) is 0 Å². The molecule has 1 amide bonds. The third-order valence-corrected chi connectivity index (χ3v) is 2.94. The molecule has 0 fully saturated rings. The monoisotopic (exact) mass is 260 g/mol. The molecule has 0 bridgehead atoms. The fraction of sp³-hybridized carbons (Fsp3) is 0.267. The summed E-state index contributed by atoms with van der Waals surface area (Å²) in [4.78, 5) is 11.7. The van der Waals surface area contributed by atoms with Gasteiger partial charge in [0.2, 0.25) is 5.91 Å². The van der Waals surface area contributed by atoms with Gasteiger partial charge in [-0.15, -0.1) is 0 Å². The van der Waals surface area contributed by atoms with E-state index in [-0.39, 0.29) is 11.7 Å². The second-order valence-corrected chi connectivity index (χ2v) is 4.59. The first-order valence-electron chi connectivity index (χ1n) is 6.25. The maximum Gasteiger partial charge on any atom is 0.220 e. The smallest absolute Gasteiger partial charge is 0.220 e. The molecule has 0 atom stereocenters. The first kappa shape index (κ1) is 13.3. The molecule has 3 nitrogen and oxygen atoms in total. The molecule has 1 N–H and O–H groups in total. The number of hydrogen-bond donors (Lipinski definition) is 1. The Balaban J connectivity index is 1.74. The lowest BCUT2D eigenvalue weighted by Gasteiger charge is -2.04. The van der Waals surface area contributed by atoms with E-state index in [0.717, 1.165) is 11.1 Å². The van der Waals surface area contributed by atoms with E-state index in [1.54, 1.807) is 12.1 Å². The van der Waals surface area contributed by atoms with E-state index in [1.165, 1.54) is 12.1 Å². The van der Waals surface area contributed by atoms with Crippen LogP contribution in [0.2, 0.25) is 0 Å². The van der Waals surface area contributed by atoms with Crippen molar-refractivity contribution in [1.29, 1.82) is 0 Å². The molecule has 0 unspecified atom stereocenters. The Morgan fingerprint density at radius 2 is 1.95 bits per heavy atom. The highest BCUT2D eigenvalue weighted by Crippen LogP contribution is 2.05. The Morgan fingerprint density at radius 3 is 2.58 bits per heavy atom. The van der Waals surface area contributed by atoms with Gasteiger partial charge in [-0.2, -0.15) is 0 Å². The minimum Gasteiger partial charge on any atom is -0.357 e. The molecule has 100 valence electrons. The molecule has 2 aromatic rings. The first-order chi connectivity index (χ1) is 9.13. The number of aromatic nitrogens is 1. The summed E-state index contributed by atoms with van der Waals surface area (Å²) >= 11 is 0. The van der Waals surface area contributed by atoms with Gasteiger partial charge in [-0.1, -0.05) is 12.1 Å².